The van der Waals surface area contributed by atoms with E-state index in [9.17, 15) is 9.59 Å². The lowest BCUT2D eigenvalue weighted by Gasteiger charge is -2.35. The van der Waals surface area contributed by atoms with E-state index in [1.165, 1.54) is 39.0 Å². The largest absolute Gasteiger partial charge is 0.489 e. The number of anilines is 1. The second-order valence-corrected chi connectivity index (χ2v) is 18.6. The van der Waals surface area contributed by atoms with Gasteiger partial charge in [0.25, 0.3) is 0 Å². The zero-order valence-electron chi connectivity index (χ0n) is 28.2. The number of fused-ring (bicyclic) bond motifs is 1. The Kier molecular flexibility index (Phi) is 15.4. The van der Waals surface area contributed by atoms with Gasteiger partial charge in [-0.3, -0.25) is 9.59 Å². The van der Waals surface area contributed by atoms with Gasteiger partial charge in [0.15, 0.2) is 8.32 Å². The number of benzene rings is 2. The van der Waals surface area contributed by atoms with Crippen molar-refractivity contribution in [2.75, 3.05) is 11.9 Å². The summed E-state index contributed by atoms with van der Waals surface area (Å²) in [6.45, 7) is 19.9. The molecule has 0 unspecified atom stereocenters. The molecule has 0 radical (unpaired) electrons. The molecule has 0 aliphatic rings. The van der Waals surface area contributed by atoms with Gasteiger partial charge in [0.05, 0.1) is 23.2 Å². The highest BCUT2D eigenvalue weighted by Crippen LogP contribution is 2.37. The van der Waals surface area contributed by atoms with Crippen LogP contribution in [-0.4, -0.2) is 26.8 Å². The van der Waals surface area contributed by atoms with Gasteiger partial charge in [-0.2, -0.15) is 0 Å². The number of carbonyl (C=O) groups is 2. The first-order valence-electron chi connectivity index (χ1n) is 15.7. The quantitative estimate of drug-likeness (QED) is 0.0767. The van der Waals surface area contributed by atoms with Crippen molar-refractivity contribution in [1.82, 2.24) is 0 Å². The van der Waals surface area contributed by atoms with Gasteiger partial charge in [-0.05, 0) is 77.5 Å². The number of hydrogen-bond donors (Lipinski definition) is 1. The number of ether oxygens (including phenoxy) is 2. The molecule has 2 aromatic carbocycles. The molecule has 0 atom stereocenters. The smallest absolute Gasteiger partial charge is 0.310 e. The van der Waals surface area contributed by atoms with Crippen molar-refractivity contribution in [3.8, 4) is 5.75 Å². The summed E-state index contributed by atoms with van der Waals surface area (Å²) in [5.41, 5.74) is 3.08. The van der Waals surface area contributed by atoms with Crippen LogP contribution in [0, 0.1) is 3.57 Å². The molecule has 0 aliphatic heterocycles. The molecule has 3 rings (SSSR count). The third-order valence-corrected chi connectivity index (χ3v) is 13.0. The Balaban J connectivity index is 0.000000860. The van der Waals surface area contributed by atoms with Crippen LogP contribution in [0.2, 0.25) is 18.1 Å². The number of esters is 1. The Labute approximate surface area is 279 Å². The molecule has 0 spiro atoms. The number of nitrogens with one attached hydrogen (secondary N) is 1. The fourth-order valence-corrected chi connectivity index (χ4v) is 5.92. The summed E-state index contributed by atoms with van der Waals surface area (Å²) in [5.74, 6) is 0.805. The van der Waals surface area contributed by atoms with Crippen molar-refractivity contribution in [3.05, 3.63) is 56.9 Å². The predicted octanol–water partition coefficient (Wildman–Crippen LogP) is 10.2. The molecule has 44 heavy (non-hydrogen) atoms. The monoisotopic (exact) mass is 737 g/mol. The Morgan fingerprint density at radius 3 is 2.23 bits per heavy atom. The molecule has 244 valence electrons. The number of amides is 1. The Morgan fingerprint density at radius 2 is 1.64 bits per heavy atom. The molecule has 9 heteroatoms. The molecular formula is C35H52INO6Si. The van der Waals surface area contributed by atoms with Gasteiger partial charge in [-0.15, -0.1) is 0 Å². The molecule has 7 nitrogen and oxygen atoms in total. The van der Waals surface area contributed by atoms with E-state index < -0.39 is 8.32 Å². The minimum Gasteiger partial charge on any atom is -0.489 e. The third kappa shape index (κ3) is 12.2. The lowest BCUT2D eigenvalue weighted by molar-refractivity contribution is -0.142. The van der Waals surface area contributed by atoms with Crippen LogP contribution < -0.4 is 10.1 Å². The van der Waals surface area contributed by atoms with Crippen molar-refractivity contribution in [2.24, 2.45) is 0 Å². The third-order valence-electron chi connectivity index (χ3n) is 7.69. The summed E-state index contributed by atoms with van der Waals surface area (Å²) >= 11 is 2.27. The van der Waals surface area contributed by atoms with Gasteiger partial charge in [-0.1, -0.05) is 72.8 Å². The van der Waals surface area contributed by atoms with E-state index in [0.29, 0.717) is 30.2 Å². The van der Waals surface area contributed by atoms with Crippen molar-refractivity contribution in [3.63, 3.8) is 0 Å². The van der Waals surface area contributed by atoms with Gasteiger partial charge in [-0.25, -0.2) is 0 Å². The van der Waals surface area contributed by atoms with Crippen LogP contribution in [0.15, 0.2) is 40.8 Å². The van der Waals surface area contributed by atoms with E-state index in [0.717, 1.165) is 25.9 Å². The van der Waals surface area contributed by atoms with E-state index >= 15 is 0 Å². The first-order chi connectivity index (χ1) is 20.7. The first-order valence-corrected chi connectivity index (χ1v) is 19.7. The number of rotatable bonds is 14. The minimum atomic E-state index is -1.89. The lowest BCUT2D eigenvalue weighted by atomic mass is 10.1. The van der Waals surface area contributed by atoms with Crippen LogP contribution in [0.1, 0.15) is 97.5 Å². The summed E-state index contributed by atoms with van der Waals surface area (Å²) in [6.07, 6.45) is 7.09. The van der Waals surface area contributed by atoms with Crippen LogP contribution in [-0.2, 0) is 38.4 Å². The van der Waals surface area contributed by atoms with Crippen LogP contribution in [0.5, 0.6) is 5.75 Å². The molecule has 1 amide bonds. The molecule has 1 heterocycles. The Bertz CT molecular complexity index is 1360. The van der Waals surface area contributed by atoms with E-state index in [1.807, 2.05) is 18.2 Å². The highest BCUT2D eigenvalue weighted by atomic mass is 127. The van der Waals surface area contributed by atoms with Crippen molar-refractivity contribution >= 4 is 59.4 Å². The zero-order valence-corrected chi connectivity index (χ0v) is 31.3. The molecule has 1 N–H and O–H groups in total. The molecule has 0 aliphatic carbocycles. The molecule has 0 saturated carbocycles. The van der Waals surface area contributed by atoms with Crippen molar-refractivity contribution < 1.29 is 27.9 Å². The molecule has 0 saturated heterocycles. The Morgan fingerprint density at radius 1 is 0.955 bits per heavy atom. The van der Waals surface area contributed by atoms with E-state index in [4.69, 9.17) is 18.3 Å². The number of carbonyl (C=O) groups excluding carboxylic acids is 2. The van der Waals surface area contributed by atoms with Crippen LogP contribution in [0.4, 0.5) is 5.69 Å². The van der Waals surface area contributed by atoms with Crippen LogP contribution in [0.25, 0.3) is 11.0 Å². The van der Waals surface area contributed by atoms with Crippen molar-refractivity contribution in [1.29, 1.82) is 0 Å². The fourth-order valence-electron chi connectivity index (χ4n) is 4.17. The summed E-state index contributed by atoms with van der Waals surface area (Å²) in [5, 5.41) is 3.87. The lowest BCUT2D eigenvalue weighted by Crippen LogP contribution is -2.40. The average molecular weight is 738 g/mol. The Hall–Kier alpha value is -2.37. The maximum Gasteiger partial charge on any atom is 0.310 e. The second kappa shape index (κ2) is 17.9. The van der Waals surface area contributed by atoms with Gasteiger partial charge in [0.2, 0.25) is 5.91 Å². The standard InChI is InChI=1S/C28H36INO6Si.C7H16/c1-8-33-26(32)14-20-9-10-22(30-18(2)31)15-25(20)34-16-19-11-21-13-23(36-27(21)24(29)12-19)17-35-37(6,7)28(3,4)5;1-3-5-7-6-4-2/h9-13,15H,8,14,16-17H2,1-7H3,(H,30,31);3-7H2,1-2H3. The first kappa shape index (κ1) is 37.8. The minimum absolute atomic E-state index is 0.0828. The van der Waals surface area contributed by atoms with E-state index in [-0.39, 0.29) is 29.9 Å². The second-order valence-electron chi connectivity index (χ2n) is 12.6. The van der Waals surface area contributed by atoms with E-state index in [1.54, 1.807) is 25.1 Å². The van der Waals surface area contributed by atoms with Gasteiger partial charge < -0.3 is 23.6 Å². The summed E-state index contributed by atoms with van der Waals surface area (Å²) < 4.78 is 24.7. The molecule has 1 aromatic heterocycles. The molecular weight excluding hydrogens is 685 g/mol. The van der Waals surface area contributed by atoms with Gasteiger partial charge >= 0.3 is 5.97 Å². The SMILES string of the molecule is CCCCCCC.CCOC(=O)Cc1ccc(NC(C)=O)cc1OCc1cc(I)c2oc(CO[Si](C)(C)C(C)(C)C)cc2c1. The van der Waals surface area contributed by atoms with Gasteiger partial charge in [0.1, 0.15) is 23.7 Å². The molecule has 0 fully saturated rings. The summed E-state index contributed by atoms with van der Waals surface area (Å²) in [4.78, 5) is 23.6. The molecule has 0 bridgehead atoms. The highest BCUT2D eigenvalue weighted by molar-refractivity contribution is 14.1. The zero-order chi connectivity index (χ0) is 32.9. The van der Waals surface area contributed by atoms with Crippen LogP contribution >= 0.6 is 22.6 Å². The number of hydrogen-bond acceptors (Lipinski definition) is 6. The number of halogens is 1. The normalized spacial score (nSPS) is 11.6. The summed E-state index contributed by atoms with van der Waals surface area (Å²) in [6, 6.07) is 11.3. The number of unbranched alkanes of at least 4 members (excludes halogenated alkanes) is 4. The maximum absolute atomic E-state index is 12.1. The van der Waals surface area contributed by atoms with Gasteiger partial charge in [0, 0.05) is 29.6 Å². The van der Waals surface area contributed by atoms with Crippen LogP contribution in [0.3, 0.4) is 0 Å². The topological polar surface area (TPSA) is 87.0 Å². The fraction of sp³-hybridized carbons (Fsp3) is 0.543. The number of furan rings is 1. The maximum atomic E-state index is 12.1. The van der Waals surface area contributed by atoms with Crippen molar-refractivity contribution in [2.45, 2.75) is 118 Å². The predicted molar refractivity (Wildman–Crippen MR) is 191 cm³/mol. The van der Waals surface area contributed by atoms with E-state index in [2.05, 4.69) is 75.6 Å². The highest BCUT2D eigenvalue weighted by Gasteiger charge is 2.37. The average Bonchev–Trinajstić information content (AvgIpc) is 3.36. The molecule has 3 aromatic rings. The summed E-state index contributed by atoms with van der Waals surface area (Å²) in [7, 11) is -1.89.